The molecule has 0 aliphatic heterocycles. The van der Waals surface area contributed by atoms with Crippen LogP contribution in [0, 0.1) is 5.82 Å². The summed E-state index contributed by atoms with van der Waals surface area (Å²) in [5, 5.41) is 17.3. The molecule has 0 unspecified atom stereocenters. The molecule has 0 atom stereocenters. The van der Waals surface area contributed by atoms with Gasteiger partial charge >= 0.3 is 0 Å². The minimum atomic E-state index is -3.63. The van der Waals surface area contributed by atoms with Crippen molar-refractivity contribution < 1.29 is 22.7 Å². The number of aromatic hydroxyl groups is 1. The zero-order valence-electron chi connectivity index (χ0n) is 15.5. The molecule has 0 saturated heterocycles. The number of pyridine rings is 1. The van der Waals surface area contributed by atoms with Crippen LogP contribution >= 0.6 is 0 Å². The second-order valence-electron chi connectivity index (χ2n) is 6.11. The maximum atomic E-state index is 13.3. The first-order valence-electron chi connectivity index (χ1n) is 8.38. The lowest BCUT2D eigenvalue weighted by Crippen LogP contribution is -2.29. The van der Waals surface area contributed by atoms with Crippen LogP contribution in [0.2, 0.25) is 0 Å². The molecule has 2 aromatic heterocycles. The number of nitrogens with one attached hydrogen (secondary N) is 1. The van der Waals surface area contributed by atoms with Crippen molar-refractivity contribution in [2.45, 2.75) is 6.92 Å². The molecule has 0 aliphatic rings. The number of amides is 1. The van der Waals surface area contributed by atoms with Crippen molar-refractivity contribution in [3.63, 3.8) is 0 Å². The first-order valence-corrected chi connectivity index (χ1v) is 10.2. The van der Waals surface area contributed by atoms with Gasteiger partial charge in [-0.15, -0.1) is 0 Å². The van der Waals surface area contributed by atoms with Crippen molar-refractivity contribution in [2.75, 3.05) is 24.2 Å². The Labute approximate surface area is 161 Å². The molecule has 0 fully saturated rings. The summed E-state index contributed by atoms with van der Waals surface area (Å²) in [6.07, 6.45) is 2.37. The van der Waals surface area contributed by atoms with E-state index in [4.69, 9.17) is 0 Å². The van der Waals surface area contributed by atoms with E-state index in [-0.39, 0.29) is 34.8 Å². The molecule has 0 spiro atoms. The zero-order valence-corrected chi connectivity index (χ0v) is 16.3. The number of hydrogen-bond donors (Lipinski definition) is 2. The van der Waals surface area contributed by atoms with Gasteiger partial charge in [-0.1, -0.05) is 0 Å². The van der Waals surface area contributed by atoms with Crippen LogP contribution in [0.1, 0.15) is 17.3 Å². The fourth-order valence-corrected chi connectivity index (χ4v) is 3.97. The minimum absolute atomic E-state index is 0.0362. The molecule has 1 amide bonds. The normalized spacial score (nSPS) is 11.6. The number of fused-ring (bicyclic) bond motifs is 1. The van der Waals surface area contributed by atoms with Crippen LogP contribution in [0.5, 0.6) is 5.75 Å². The van der Waals surface area contributed by atoms with Crippen molar-refractivity contribution in [3.05, 3.63) is 47.9 Å². The van der Waals surface area contributed by atoms with E-state index < -0.39 is 21.7 Å². The minimum Gasteiger partial charge on any atom is -0.506 e. The summed E-state index contributed by atoms with van der Waals surface area (Å²) >= 11 is 0. The summed E-state index contributed by atoms with van der Waals surface area (Å²) < 4.78 is 39.7. The molecule has 0 radical (unpaired) electrons. The van der Waals surface area contributed by atoms with Crippen LogP contribution in [-0.4, -0.2) is 48.9 Å². The van der Waals surface area contributed by atoms with E-state index in [1.165, 1.54) is 48.1 Å². The van der Waals surface area contributed by atoms with E-state index in [2.05, 4.69) is 10.4 Å². The highest BCUT2D eigenvalue weighted by atomic mass is 32.2. The van der Waals surface area contributed by atoms with E-state index >= 15 is 0 Å². The Bertz CT molecular complexity index is 1160. The third-order valence-electron chi connectivity index (χ3n) is 4.26. The molecule has 0 bridgehead atoms. The first kappa shape index (κ1) is 19.6. The van der Waals surface area contributed by atoms with Gasteiger partial charge in [0.15, 0.2) is 0 Å². The molecular weight excluding hydrogens is 387 g/mol. The Morgan fingerprint density at radius 2 is 1.96 bits per heavy atom. The molecule has 8 nitrogen and oxygen atoms in total. The highest BCUT2D eigenvalue weighted by Crippen LogP contribution is 2.34. The Balaban J connectivity index is 2.31. The van der Waals surface area contributed by atoms with E-state index in [9.17, 15) is 22.7 Å². The Morgan fingerprint density at radius 3 is 2.50 bits per heavy atom. The van der Waals surface area contributed by atoms with Gasteiger partial charge in [0.05, 0.1) is 23.5 Å². The van der Waals surface area contributed by atoms with E-state index in [0.29, 0.717) is 5.56 Å². The average molecular weight is 406 g/mol. The molecule has 28 heavy (non-hydrogen) atoms. The molecule has 148 valence electrons. The smallest absolute Gasteiger partial charge is 0.255 e. The third-order valence-corrected chi connectivity index (χ3v) is 5.51. The third kappa shape index (κ3) is 3.38. The molecule has 3 rings (SSSR count). The first-order chi connectivity index (χ1) is 13.2. The monoisotopic (exact) mass is 406 g/mol. The largest absolute Gasteiger partial charge is 0.506 e. The second-order valence-corrected chi connectivity index (χ2v) is 8.02. The SMILES string of the molecule is CCN(c1cn2nc(-c3ccc(F)cc3)c(C(=O)NC)c2cc1O)S(C)(=O)=O. The van der Waals surface area contributed by atoms with Crippen LogP contribution in [0.25, 0.3) is 16.8 Å². The van der Waals surface area contributed by atoms with Gasteiger partial charge in [-0.05, 0) is 31.2 Å². The predicted molar refractivity (Wildman–Crippen MR) is 104 cm³/mol. The number of halogens is 1. The number of aromatic nitrogens is 2. The lowest BCUT2D eigenvalue weighted by molar-refractivity contribution is 0.0965. The van der Waals surface area contributed by atoms with Crippen LogP contribution in [0.4, 0.5) is 10.1 Å². The zero-order chi connectivity index (χ0) is 20.6. The molecule has 2 N–H and O–H groups in total. The van der Waals surface area contributed by atoms with E-state index in [1.807, 2.05) is 0 Å². The van der Waals surface area contributed by atoms with Gasteiger partial charge < -0.3 is 10.4 Å². The highest BCUT2D eigenvalue weighted by molar-refractivity contribution is 7.92. The number of benzene rings is 1. The van der Waals surface area contributed by atoms with E-state index in [1.54, 1.807) is 6.92 Å². The Morgan fingerprint density at radius 1 is 1.32 bits per heavy atom. The fraction of sp³-hybridized carbons (Fsp3) is 0.222. The lowest BCUT2D eigenvalue weighted by Gasteiger charge is -2.21. The van der Waals surface area contributed by atoms with Crippen molar-refractivity contribution >= 4 is 27.1 Å². The lowest BCUT2D eigenvalue weighted by atomic mass is 10.1. The van der Waals surface area contributed by atoms with Gasteiger partial charge in [0.25, 0.3) is 5.91 Å². The van der Waals surface area contributed by atoms with Gasteiger partial charge in [-0.3, -0.25) is 9.10 Å². The van der Waals surface area contributed by atoms with Crippen LogP contribution < -0.4 is 9.62 Å². The van der Waals surface area contributed by atoms with Crippen molar-refractivity contribution in [1.82, 2.24) is 14.9 Å². The molecule has 3 aromatic rings. The van der Waals surface area contributed by atoms with Crippen LogP contribution in [-0.2, 0) is 10.0 Å². The quantitative estimate of drug-likeness (QED) is 0.674. The number of anilines is 1. The van der Waals surface area contributed by atoms with Gasteiger partial charge in [-0.25, -0.2) is 17.3 Å². The Kier molecular flexibility index (Phi) is 4.99. The molecule has 10 heteroatoms. The van der Waals surface area contributed by atoms with Gasteiger partial charge in [0.2, 0.25) is 10.0 Å². The Hall–Kier alpha value is -3.14. The average Bonchev–Trinajstić information content (AvgIpc) is 2.99. The summed E-state index contributed by atoms with van der Waals surface area (Å²) in [6, 6.07) is 6.75. The molecular formula is C18H19FN4O4S. The van der Waals surface area contributed by atoms with Gasteiger partial charge in [0.1, 0.15) is 22.9 Å². The van der Waals surface area contributed by atoms with Gasteiger partial charge in [-0.2, -0.15) is 5.10 Å². The number of carbonyl (C=O) groups excluding carboxylic acids is 1. The summed E-state index contributed by atoms with van der Waals surface area (Å²) in [6.45, 7) is 1.74. The molecule has 2 heterocycles. The van der Waals surface area contributed by atoms with Crippen molar-refractivity contribution in [3.8, 4) is 17.0 Å². The highest BCUT2D eigenvalue weighted by Gasteiger charge is 2.25. The molecule has 0 aliphatic carbocycles. The maximum Gasteiger partial charge on any atom is 0.255 e. The second kappa shape index (κ2) is 7.12. The number of carbonyl (C=O) groups is 1. The summed E-state index contributed by atoms with van der Waals surface area (Å²) in [5.74, 6) is -1.19. The summed E-state index contributed by atoms with van der Waals surface area (Å²) in [4.78, 5) is 12.5. The molecule has 0 saturated carbocycles. The van der Waals surface area contributed by atoms with E-state index in [0.717, 1.165) is 10.6 Å². The number of rotatable bonds is 5. The van der Waals surface area contributed by atoms with Crippen molar-refractivity contribution in [2.24, 2.45) is 0 Å². The number of sulfonamides is 1. The van der Waals surface area contributed by atoms with Crippen LogP contribution in [0.3, 0.4) is 0 Å². The topological polar surface area (TPSA) is 104 Å². The van der Waals surface area contributed by atoms with Crippen molar-refractivity contribution in [1.29, 1.82) is 0 Å². The summed E-state index contributed by atoms with van der Waals surface area (Å²) in [7, 11) is -2.17. The van der Waals surface area contributed by atoms with Crippen LogP contribution in [0.15, 0.2) is 36.5 Å². The molecule has 1 aromatic carbocycles. The maximum absolute atomic E-state index is 13.3. The fourth-order valence-electron chi connectivity index (χ4n) is 3.00. The number of nitrogens with zero attached hydrogens (tertiary/aromatic N) is 3. The summed E-state index contributed by atoms with van der Waals surface area (Å²) in [5.41, 5.74) is 1.27. The predicted octanol–water partition coefficient (Wildman–Crippen LogP) is 1.99. The van der Waals surface area contributed by atoms with Gasteiger partial charge in [0, 0.05) is 25.2 Å². The standard InChI is InChI=1S/C18H19FN4O4S/c1-4-23(28(3,26)27)14-10-22-13(9-15(14)24)16(18(25)20-2)17(21-22)11-5-7-12(19)8-6-11/h5-10,24H,4H2,1-3H3,(H,20,25). The number of hydrogen-bond acceptors (Lipinski definition) is 5.